The molecule has 0 aliphatic heterocycles. The lowest BCUT2D eigenvalue weighted by Crippen LogP contribution is -2.32. The van der Waals surface area contributed by atoms with Crippen LogP contribution in [-0.2, 0) is 9.59 Å². The molecule has 3 N–H and O–H groups in total. The predicted octanol–water partition coefficient (Wildman–Crippen LogP) is 4.07. The monoisotopic (exact) mass is 500 g/mol. The summed E-state index contributed by atoms with van der Waals surface area (Å²) in [6.07, 6.45) is 6.39. The third-order valence-electron chi connectivity index (χ3n) is 5.52. The summed E-state index contributed by atoms with van der Waals surface area (Å²) in [6.45, 7) is 0. The van der Waals surface area contributed by atoms with Crippen molar-refractivity contribution in [2.75, 3.05) is 5.32 Å². The van der Waals surface area contributed by atoms with E-state index >= 15 is 4.39 Å². The molecule has 0 bridgehead atoms. The van der Waals surface area contributed by atoms with Gasteiger partial charge in [-0.25, -0.2) is 13.3 Å². The van der Waals surface area contributed by atoms with Crippen LogP contribution >= 0.6 is 0 Å². The largest absolute Gasteiger partial charge is 0.434 e. The van der Waals surface area contributed by atoms with Crippen molar-refractivity contribution in [3.8, 4) is 22.8 Å². The zero-order valence-electron chi connectivity index (χ0n) is 19.0. The number of rotatable bonds is 7. The number of carbonyl (C=O) groups excluding carboxylic acids is 2. The highest BCUT2D eigenvalue weighted by molar-refractivity contribution is 6.10. The molecule has 0 saturated heterocycles. The number of carbonyl (C=O) groups is 2. The number of benzene rings is 2. The van der Waals surface area contributed by atoms with Gasteiger partial charge in [0, 0.05) is 35.4 Å². The topological polar surface area (TPSA) is 124 Å². The van der Waals surface area contributed by atoms with E-state index in [-0.39, 0.29) is 22.9 Å². The van der Waals surface area contributed by atoms with Crippen LogP contribution in [0.15, 0.2) is 85.6 Å². The zero-order valence-corrected chi connectivity index (χ0v) is 19.0. The molecule has 0 radical (unpaired) electrons. The third kappa shape index (κ3) is 4.96. The number of nitrogens with zero attached hydrogens (tertiary/aromatic N) is 4. The molecule has 1 unspecified atom stereocenters. The average molecular weight is 500 g/mol. The Morgan fingerprint density at radius 2 is 1.84 bits per heavy atom. The number of ether oxygens (including phenoxy) is 1. The van der Waals surface area contributed by atoms with Gasteiger partial charge in [-0.15, -0.1) is 0 Å². The molecule has 0 aliphatic carbocycles. The van der Waals surface area contributed by atoms with Crippen LogP contribution in [-0.4, -0.2) is 31.4 Å². The first kappa shape index (κ1) is 23.5. The van der Waals surface area contributed by atoms with Gasteiger partial charge in [-0.3, -0.25) is 14.6 Å². The lowest BCUT2D eigenvalue weighted by Gasteiger charge is -2.15. The van der Waals surface area contributed by atoms with Crippen molar-refractivity contribution in [3.63, 3.8) is 0 Å². The van der Waals surface area contributed by atoms with Gasteiger partial charge in [-0.05, 0) is 54.1 Å². The third-order valence-corrected chi connectivity index (χ3v) is 5.52. The van der Waals surface area contributed by atoms with Crippen LogP contribution in [0.4, 0.5) is 14.5 Å². The van der Waals surface area contributed by atoms with E-state index in [2.05, 4.69) is 20.4 Å². The molecule has 3 heterocycles. The summed E-state index contributed by atoms with van der Waals surface area (Å²) in [4.78, 5) is 33.0. The summed E-state index contributed by atoms with van der Waals surface area (Å²) in [5, 5.41) is 6.64. The van der Waals surface area contributed by atoms with Gasteiger partial charge in [-0.2, -0.15) is 10.1 Å². The van der Waals surface area contributed by atoms with E-state index in [1.165, 1.54) is 30.6 Å². The van der Waals surface area contributed by atoms with Crippen molar-refractivity contribution in [2.45, 2.75) is 5.92 Å². The quantitative estimate of drug-likeness (QED) is 0.325. The summed E-state index contributed by atoms with van der Waals surface area (Å²) in [6, 6.07) is 14.0. The second-order valence-electron chi connectivity index (χ2n) is 7.99. The number of amides is 2. The molecule has 184 valence electrons. The highest BCUT2D eigenvalue weighted by Gasteiger charge is 2.28. The lowest BCUT2D eigenvalue weighted by atomic mass is 9.97. The Morgan fingerprint density at radius 3 is 2.54 bits per heavy atom. The molecule has 2 aromatic carbocycles. The summed E-state index contributed by atoms with van der Waals surface area (Å²) < 4.78 is 35.4. The number of pyridine rings is 1. The lowest BCUT2D eigenvalue weighted by molar-refractivity contribution is -0.127. The van der Waals surface area contributed by atoms with E-state index in [9.17, 15) is 14.0 Å². The van der Waals surface area contributed by atoms with Crippen LogP contribution in [0.5, 0.6) is 11.6 Å². The fourth-order valence-electron chi connectivity index (χ4n) is 3.75. The molecular weight excluding hydrogens is 482 g/mol. The standard InChI is InChI=1S/C26H18F2N6O3/c27-18-4-6-19(7-5-18)33-25(36)23(24(29)35)15-3-8-22(20(28)10-15)37-26-21-11-17(13-34(21)32-14-31-26)16-2-1-9-30-12-16/h1-14,23H,(H2,29,35)(H,33,36). The Kier molecular flexibility index (Phi) is 6.25. The number of fused-ring (bicyclic) bond motifs is 1. The first-order valence-corrected chi connectivity index (χ1v) is 11.0. The number of nitrogens with one attached hydrogen (secondary N) is 1. The van der Waals surface area contributed by atoms with Gasteiger partial charge >= 0.3 is 0 Å². The number of primary amides is 1. The van der Waals surface area contributed by atoms with E-state index in [0.29, 0.717) is 5.52 Å². The fourth-order valence-corrected chi connectivity index (χ4v) is 3.75. The van der Waals surface area contributed by atoms with Gasteiger partial charge < -0.3 is 15.8 Å². The molecule has 5 rings (SSSR count). The second-order valence-corrected chi connectivity index (χ2v) is 7.99. The highest BCUT2D eigenvalue weighted by atomic mass is 19.1. The first-order valence-electron chi connectivity index (χ1n) is 11.0. The normalized spacial score (nSPS) is 11.7. The van der Waals surface area contributed by atoms with Crippen molar-refractivity contribution < 1.29 is 23.1 Å². The first-order chi connectivity index (χ1) is 17.9. The molecule has 3 aromatic heterocycles. The Balaban J connectivity index is 1.40. The SMILES string of the molecule is NC(=O)C(C(=O)Nc1ccc(F)cc1)c1ccc(Oc2ncnn3cc(-c4cccnc4)cc23)c(F)c1. The molecule has 0 spiro atoms. The average Bonchev–Trinajstić information content (AvgIpc) is 3.33. The molecule has 5 aromatic rings. The molecule has 37 heavy (non-hydrogen) atoms. The van der Waals surface area contributed by atoms with Crippen LogP contribution in [0.3, 0.4) is 0 Å². The van der Waals surface area contributed by atoms with Crippen LogP contribution in [0.25, 0.3) is 16.6 Å². The summed E-state index contributed by atoms with van der Waals surface area (Å²) in [5.41, 5.74) is 7.86. The number of anilines is 1. The van der Waals surface area contributed by atoms with Crippen molar-refractivity contribution in [3.05, 3.63) is 103 Å². The van der Waals surface area contributed by atoms with Gasteiger partial charge in [0.2, 0.25) is 17.7 Å². The van der Waals surface area contributed by atoms with E-state index in [1.807, 2.05) is 6.07 Å². The number of hydrogen-bond donors (Lipinski definition) is 2. The van der Waals surface area contributed by atoms with E-state index in [0.717, 1.165) is 29.3 Å². The van der Waals surface area contributed by atoms with Crippen LogP contribution in [0.1, 0.15) is 11.5 Å². The number of aromatic nitrogens is 4. The Hall–Kier alpha value is -5.19. The van der Waals surface area contributed by atoms with Crippen molar-refractivity contribution in [1.29, 1.82) is 0 Å². The van der Waals surface area contributed by atoms with Crippen molar-refractivity contribution in [2.24, 2.45) is 5.73 Å². The molecular formula is C26H18F2N6O3. The zero-order chi connectivity index (χ0) is 25.9. The predicted molar refractivity (Wildman–Crippen MR) is 130 cm³/mol. The molecule has 2 amide bonds. The Labute approximate surface area is 208 Å². The van der Waals surface area contributed by atoms with Gasteiger partial charge in [0.1, 0.15) is 23.6 Å². The maximum atomic E-state index is 15.1. The minimum Gasteiger partial charge on any atom is -0.434 e. The number of hydrogen-bond acceptors (Lipinski definition) is 6. The molecule has 11 heteroatoms. The maximum Gasteiger partial charge on any atom is 0.247 e. The van der Waals surface area contributed by atoms with Crippen molar-refractivity contribution >= 4 is 23.0 Å². The highest BCUT2D eigenvalue weighted by Crippen LogP contribution is 2.31. The van der Waals surface area contributed by atoms with Crippen LogP contribution in [0, 0.1) is 11.6 Å². The minimum absolute atomic E-state index is 0.0198. The summed E-state index contributed by atoms with van der Waals surface area (Å²) >= 11 is 0. The van der Waals surface area contributed by atoms with Gasteiger partial charge in [0.15, 0.2) is 11.6 Å². The number of halogens is 2. The summed E-state index contributed by atoms with van der Waals surface area (Å²) in [7, 11) is 0. The molecule has 0 saturated carbocycles. The maximum absolute atomic E-state index is 15.1. The summed E-state index contributed by atoms with van der Waals surface area (Å²) in [5.74, 6) is -4.69. The Bertz CT molecular complexity index is 1610. The molecule has 0 fully saturated rings. The Morgan fingerprint density at radius 1 is 1.03 bits per heavy atom. The van der Waals surface area contributed by atoms with Gasteiger partial charge in [-0.1, -0.05) is 12.1 Å². The van der Waals surface area contributed by atoms with E-state index in [1.54, 1.807) is 35.2 Å². The van der Waals surface area contributed by atoms with Crippen LogP contribution < -0.4 is 15.8 Å². The fraction of sp³-hybridized carbons (Fsp3) is 0.0385. The van der Waals surface area contributed by atoms with Gasteiger partial charge in [0.05, 0.1) is 0 Å². The molecule has 0 aliphatic rings. The van der Waals surface area contributed by atoms with Crippen LogP contribution in [0.2, 0.25) is 0 Å². The van der Waals surface area contributed by atoms with Gasteiger partial charge in [0.25, 0.3) is 0 Å². The van der Waals surface area contributed by atoms with E-state index in [4.69, 9.17) is 10.5 Å². The smallest absolute Gasteiger partial charge is 0.247 e. The minimum atomic E-state index is -1.49. The van der Waals surface area contributed by atoms with E-state index < -0.39 is 29.4 Å². The number of nitrogens with two attached hydrogens (primary N) is 1. The molecule has 9 nitrogen and oxygen atoms in total. The molecule has 1 atom stereocenters. The van der Waals surface area contributed by atoms with Crippen molar-refractivity contribution in [1.82, 2.24) is 19.6 Å². The second kappa shape index (κ2) is 9.82.